The first kappa shape index (κ1) is 17.9. The van der Waals surface area contributed by atoms with Crippen LogP contribution < -0.4 is 5.32 Å². The second kappa shape index (κ2) is 7.03. The first-order valence-corrected chi connectivity index (χ1v) is 10.5. The van der Waals surface area contributed by atoms with E-state index in [0.717, 1.165) is 11.0 Å². The van der Waals surface area contributed by atoms with E-state index in [9.17, 15) is 8.42 Å². The Morgan fingerprint density at radius 2 is 1.76 bits per heavy atom. The van der Waals surface area contributed by atoms with Crippen molar-refractivity contribution in [3.8, 4) is 0 Å². The van der Waals surface area contributed by atoms with Crippen LogP contribution in [0.1, 0.15) is 0 Å². The molecule has 0 unspecified atom stereocenters. The second-order valence-electron chi connectivity index (χ2n) is 6.53. The molecule has 1 N–H and O–H groups in total. The quantitative estimate of drug-likeness (QED) is 0.536. The molecule has 1 saturated heterocycles. The monoisotopic (exact) mass is 411 g/mol. The highest BCUT2D eigenvalue weighted by Crippen LogP contribution is 2.24. The summed E-state index contributed by atoms with van der Waals surface area (Å²) in [7, 11) is -3.53. The van der Waals surface area contributed by atoms with Gasteiger partial charge in [0, 0.05) is 18.8 Å². The molecule has 11 heteroatoms. The van der Waals surface area contributed by atoms with Crippen LogP contribution in [0.3, 0.4) is 0 Å². The summed E-state index contributed by atoms with van der Waals surface area (Å²) < 4.78 is 33.8. The molecule has 0 spiro atoms. The zero-order valence-corrected chi connectivity index (χ0v) is 16.1. The SMILES string of the molecule is O=S(=O)(c1ccc(Nc2nc3ccccc3n3nnnc23)cc1)N1CCOCC1. The van der Waals surface area contributed by atoms with E-state index < -0.39 is 10.0 Å². The highest BCUT2D eigenvalue weighted by Gasteiger charge is 2.26. The van der Waals surface area contributed by atoms with E-state index in [2.05, 4.69) is 25.8 Å². The van der Waals surface area contributed by atoms with Crippen LogP contribution in [0.4, 0.5) is 11.5 Å². The number of nitrogens with one attached hydrogen (secondary N) is 1. The number of benzene rings is 2. The minimum absolute atomic E-state index is 0.241. The minimum Gasteiger partial charge on any atom is -0.379 e. The molecule has 1 aliphatic heterocycles. The maximum absolute atomic E-state index is 12.8. The first-order valence-electron chi connectivity index (χ1n) is 9.05. The van der Waals surface area contributed by atoms with Crippen LogP contribution in [-0.4, -0.2) is 64.1 Å². The van der Waals surface area contributed by atoms with Crippen molar-refractivity contribution in [3.63, 3.8) is 0 Å². The maximum Gasteiger partial charge on any atom is 0.243 e. The molecule has 1 aliphatic rings. The lowest BCUT2D eigenvalue weighted by Gasteiger charge is -2.26. The third-order valence-corrected chi connectivity index (χ3v) is 6.66. The number of anilines is 2. The summed E-state index contributed by atoms with van der Waals surface area (Å²) in [6, 6.07) is 14.1. The molecule has 0 amide bonds. The minimum atomic E-state index is -3.53. The molecule has 0 bridgehead atoms. The van der Waals surface area contributed by atoms with Crippen molar-refractivity contribution in [3.05, 3.63) is 48.5 Å². The summed E-state index contributed by atoms with van der Waals surface area (Å²) in [4.78, 5) is 4.84. The van der Waals surface area contributed by atoms with Gasteiger partial charge in [-0.05, 0) is 46.8 Å². The molecule has 29 heavy (non-hydrogen) atoms. The highest BCUT2D eigenvalue weighted by atomic mass is 32.2. The molecule has 0 radical (unpaired) electrons. The van der Waals surface area contributed by atoms with E-state index in [1.807, 2.05) is 24.3 Å². The van der Waals surface area contributed by atoms with E-state index >= 15 is 0 Å². The van der Waals surface area contributed by atoms with Crippen molar-refractivity contribution >= 4 is 38.2 Å². The number of morpholine rings is 1. The molecule has 4 aromatic rings. The molecule has 2 aromatic carbocycles. The lowest BCUT2D eigenvalue weighted by atomic mass is 10.3. The van der Waals surface area contributed by atoms with Gasteiger partial charge in [-0.3, -0.25) is 0 Å². The number of hydrogen-bond acceptors (Lipinski definition) is 8. The Kier molecular flexibility index (Phi) is 4.34. The number of aromatic nitrogens is 5. The first-order chi connectivity index (χ1) is 14.1. The second-order valence-corrected chi connectivity index (χ2v) is 8.47. The molecule has 2 aromatic heterocycles. The summed E-state index contributed by atoms with van der Waals surface area (Å²) in [6.45, 7) is 1.55. The van der Waals surface area contributed by atoms with Crippen LogP contribution >= 0.6 is 0 Å². The summed E-state index contributed by atoms with van der Waals surface area (Å²) in [5, 5.41) is 15.0. The zero-order chi connectivity index (χ0) is 19.8. The molecule has 1 fully saturated rings. The van der Waals surface area contributed by atoms with Crippen LogP contribution in [0.25, 0.3) is 16.7 Å². The predicted octanol–water partition coefficient (Wildman–Crippen LogP) is 1.44. The van der Waals surface area contributed by atoms with Crippen LogP contribution in [0.15, 0.2) is 53.4 Å². The van der Waals surface area contributed by atoms with E-state index in [1.54, 1.807) is 28.8 Å². The molecule has 0 atom stereocenters. The number of para-hydroxylation sites is 2. The summed E-state index contributed by atoms with van der Waals surface area (Å²) >= 11 is 0. The Balaban J connectivity index is 1.46. The molecule has 0 saturated carbocycles. The van der Waals surface area contributed by atoms with E-state index in [-0.39, 0.29) is 4.90 Å². The van der Waals surface area contributed by atoms with E-state index in [0.29, 0.717) is 43.5 Å². The number of ether oxygens (including phenoxy) is 1. The predicted molar refractivity (Wildman–Crippen MR) is 105 cm³/mol. The molecule has 10 nitrogen and oxygen atoms in total. The Labute approximate surface area is 166 Å². The Morgan fingerprint density at radius 3 is 2.55 bits per heavy atom. The summed E-state index contributed by atoms with van der Waals surface area (Å²) in [5.74, 6) is 0.484. The Hall–Kier alpha value is -3.15. The van der Waals surface area contributed by atoms with Gasteiger partial charge >= 0.3 is 0 Å². The number of sulfonamides is 1. The smallest absolute Gasteiger partial charge is 0.243 e. The summed E-state index contributed by atoms with van der Waals surface area (Å²) in [5.41, 5.74) is 2.69. The van der Waals surface area contributed by atoms with Gasteiger partial charge in [0.2, 0.25) is 15.7 Å². The topological polar surface area (TPSA) is 115 Å². The third kappa shape index (κ3) is 3.18. The molecule has 148 valence electrons. The zero-order valence-electron chi connectivity index (χ0n) is 15.3. The maximum atomic E-state index is 12.8. The van der Waals surface area contributed by atoms with Gasteiger partial charge in [-0.1, -0.05) is 12.1 Å². The van der Waals surface area contributed by atoms with Gasteiger partial charge in [0.05, 0.1) is 29.1 Å². The van der Waals surface area contributed by atoms with Gasteiger partial charge in [0.15, 0.2) is 5.82 Å². The largest absolute Gasteiger partial charge is 0.379 e. The van der Waals surface area contributed by atoms with Crippen molar-refractivity contribution in [2.45, 2.75) is 4.90 Å². The van der Waals surface area contributed by atoms with Gasteiger partial charge in [-0.15, -0.1) is 5.10 Å². The van der Waals surface area contributed by atoms with Crippen LogP contribution in [0.5, 0.6) is 0 Å². The highest BCUT2D eigenvalue weighted by molar-refractivity contribution is 7.89. The molecule has 0 aliphatic carbocycles. The van der Waals surface area contributed by atoms with Gasteiger partial charge in [-0.25, -0.2) is 13.4 Å². The normalized spacial score (nSPS) is 15.7. The molecule has 3 heterocycles. The van der Waals surface area contributed by atoms with Crippen molar-refractivity contribution in [2.24, 2.45) is 0 Å². The van der Waals surface area contributed by atoms with Gasteiger partial charge in [0.1, 0.15) is 0 Å². The molecular weight excluding hydrogens is 394 g/mol. The fourth-order valence-electron chi connectivity index (χ4n) is 3.27. The van der Waals surface area contributed by atoms with Crippen molar-refractivity contribution in [2.75, 3.05) is 31.6 Å². The third-order valence-electron chi connectivity index (χ3n) is 4.75. The Morgan fingerprint density at radius 1 is 1.00 bits per heavy atom. The van der Waals surface area contributed by atoms with Crippen LogP contribution in [-0.2, 0) is 14.8 Å². The Bertz CT molecular complexity index is 1280. The van der Waals surface area contributed by atoms with Gasteiger partial charge < -0.3 is 10.1 Å². The lowest BCUT2D eigenvalue weighted by Crippen LogP contribution is -2.40. The standard InChI is InChI=1S/C18H17N7O3S/c26-29(27,24-9-11-28-12-10-24)14-7-5-13(6-8-14)19-17-18-21-22-23-25(18)16-4-2-1-3-15(16)20-17/h1-8H,9-12H2,(H,19,20). The average Bonchev–Trinajstić information content (AvgIpc) is 3.26. The van der Waals surface area contributed by atoms with E-state index in [4.69, 9.17) is 4.74 Å². The van der Waals surface area contributed by atoms with E-state index in [1.165, 1.54) is 4.31 Å². The fraction of sp³-hybridized carbons (Fsp3) is 0.222. The number of nitrogens with zero attached hydrogens (tertiary/aromatic N) is 6. The van der Waals surface area contributed by atoms with Gasteiger partial charge in [-0.2, -0.15) is 8.82 Å². The number of fused-ring (bicyclic) bond motifs is 3. The molecule has 5 rings (SSSR count). The average molecular weight is 411 g/mol. The van der Waals surface area contributed by atoms with Crippen LogP contribution in [0.2, 0.25) is 0 Å². The number of rotatable bonds is 4. The van der Waals surface area contributed by atoms with Crippen LogP contribution in [0, 0.1) is 0 Å². The number of hydrogen-bond donors (Lipinski definition) is 1. The number of tetrazole rings is 1. The molecular formula is C18H17N7O3S. The lowest BCUT2D eigenvalue weighted by molar-refractivity contribution is 0.0730. The van der Waals surface area contributed by atoms with Crippen molar-refractivity contribution < 1.29 is 13.2 Å². The fourth-order valence-corrected chi connectivity index (χ4v) is 4.68. The van der Waals surface area contributed by atoms with Crippen molar-refractivity contribution in [1.82, 2.24) is 29.3 Å². The summed E-state index contributed by atoms with van der Waals surface area (Å²) in [6.07, 6.45) is 0. The van der Waals surface area contributed by atoms with Gasteiger partial charge in [0.25, 0.3) is 0 Å². The van der Waals surface area contributed by atoms with Crippen molar-refractivity contribution in [1.29, 1.82) is 0 Å².